The Balaban J connectivity index is 2.15. The number of nitrogens with zero attached hydrogens (tertiary/aromatic N) is 1. The third kappa shape index (κ3) is 2.72. The molecule has 0 aliphatic carbocycles. The van der Waals surface area contributed by atoms with Gasteiger partial charge in [-0.1, -0.05) is 0 Å². The molecule has 0 spiro atoms. The molecule has 0 amide bonds. The Morgan fingerprint density at radius 2 is 1.67 bits per heavy atom. The highest BCUT2D eigenvalue weighted by Gasteiger charge is 2.11. The van der Waals surface area contributed by atoms with E-state index in [0.29, 0.717) is 12.1 Å². The molecule has 0 atom stereocenters. The molecular weight excluding hydrogens is 262 g/mol. The zero-order chi connectivity index (χ0) is 15.0. The summed E-state index contributed by atoms with van der Waals surface area (Å²) in [4.78, 5) is 11.8. The van der Waals surface area contributed by atoms with Crippen molar-refractivity contribution in [2.75, 3.05) is 0 Å². The average molecular weight is 280 g/mol. The van der Waals surface area contributed by atoms with Gasteiger partial charge in [0.15, 0.2) is 18.9 Å². The first kappa shape index (κ1) is 13.6. The molecule has 0 unspecified atom stereocenters. The maximum absolute atomic E-state index is 11.8. The summed E-state index contributed by atoms with van der Waals surface area (Å²) in [5.41, 5.74) is 4.90. The molecule has 3 rings (SSSR count). The summed E-state index contributed by atoms with van der Waals surface area (Å²) in [7, 11) is 0. The van der Waals surface area contributed by atoms with Gasteiger partial charge in [0.25, 0.3) is 0 Å². The molecule has 0 bridgehead atoms. The molecule has 3 heteroatoms. The number of fused-ring (bicyclic) bond motifs is 1. The van der Waals surface area contributed by atoms with E-state index in [2.05, 4.69) is 36.6 Å². The van der Waals surface area contributed by atoms with Gasteiger partial charge in [0.05, 0.1) is 0 Å². The summed E-state index contributed by atoms with van der Waals surface area (Å²) in [5.74, 6) is 0. The Morgan fingerprint density at radius 1 is 1.00 bits per heavy atom. The zero-order valence-electron chi connectivity index (χ0n) is 12.5. The minimum atomic E-state index is -0.298. The first-order valence-electron chi connectivity index (χ1n) is 7.02. The Kier molecular flexibility index (Phi) is 3.34. The van der Waals surface area contributed by atoms with Crippen LogP contribution in [-0.2, 0) is 6.54 Å². The fourth-order valence-electron chi connectivity index (χ4n) is 2.45. The lowest BCUT2D eigenvalue weighted by Crippen LogP contribution is -2.33. The lowest BCUT2D eigenvalue weighted by molar-refractivity contribution is -0.688. The Hall–Kier alpha value is -2.42. The molecule has 2 aromatic heterocycles. The molecule has 106 valence electrons. The van der Waals surface area contributed by atoms with Gasteiger partial charge in [-0.15, -0.1) is 0 Å². The van der Waals surface area contributed by atoms with Gasteiger partial charge in [-0.05, 0) is 49.6 Å². The van der Waals surface area contributed by atoms with Crippen LogP contribution in [0.2, 0.25) is 0 Å². The van der Waals surface area contributed by atoms with Crippen LogP contribution in [0.4, 0.5) is 0 Å². The van der Waals surface area contributed by atoms with Gasteiger partial charge in [0.2, 0.25) is 0 Å². The number of aromatic nitrogens is 1. The maximum Gasteiger partial charge on any atom is 0.336 e. The fraction of sp³-hybridized carbons (Fsp3) is 0.222. The largest absolute Gasteiger partial charge is 0.423 e. The van der Waals surface area contributed by atoms with Gasteiger partial charge >= 0.3 is 5.63 Å². The second-order valence-electron chi connectivity index (χ2n) is 5.57. The van der Waals surface area contributed by atoms with E-state index in [1.54, 1.807) is 6.07 Å². The molecule has 0 N–H and O–H groups in total. The molecular formula is C18H18NO2+. The number of aryl methyl sites for hydroxylation is 3. The normalized spacial score (nSPS) is 11.0. The first-order valence-corrected chi connectivity index (χ1v) is 7.02. The smallest absolute Gasteiger partial charge is 0.336 e. The van der Waals surface area contributed by atoms with Crippen LogP contribution in [0.3, 0.4) is 0 Å². The van der Waals surface area contributed by atoms with Crippen LogP contribution >= 0.6 is 0 Å². The molecule has 0 aliphatic heterocycles. The van der Waals surface area contributed by atoms with Gasteiger partial charge in [0, 0.05) is 29.1 Å². The molecule has 0 aliphatic rings. The maximum atomic E-state index is 11.8. The highest BCUT2D eigenvalue weighted by molar-refractivity contribution is 5.81. The first-order chi connectivity index (χ1) is 10.0. The number of hydrogen-bond acceptors (Lipinski definition) is 2. The van der Waals surface area contributed by atoms with E-state index in [0.717, 1.165) is 16.5 Å². The van der Waals surface area contributed by atoms with E-state index in [-0.39, 0.29) is 5.63 Å². The van der Waals surface area contributed by atoms with Crippen LogP contribution in [0.25, 0.3) is 11.0 Å². The summed E-state index contributed by atoms with van der Waals surface area (Å²) < 4.78 is 7.40. The molecule has 0 fully saturated rings. The number of rotatable bonds is 2. The van der Waals surface area contributed by atoms with Crippen molar-refractivity contribution in [1.82, 2.24) is 0 Å². The van der Waals surface area contributed by atoms with E-state index in [1.807, 2.05) is 25.4 Å². The van der Waals surface area contributed by atoms with Crippen molar-refractivity contribution in [3.8, 4) is 0 Å². The topological polar surface area (TPSA) is 34.1 Å². The zero-order valence-corrected chi connectivity index (χ0v) is 12.5. The molecule has 0 saturated carbocycles. The van der Waals surface area contributed by atoms with Gasteiger partial charge in [-0.3, -0.25) is 0 Å². The van der Waals surface area contributed by atoms with Gasteiger partial charge in [0.1, 0.15) is 5.58 Å². The monoisotopic (exact) mass is 280 g/mol. The van der Waals surface area contributed by atoms with Gasteiger partial charge in [-0.25, -0.2) is 9.36 Å². The second kappa shape index (κ2) is 5.17. The van der Waals surface area contributed by atoms with Crippen molar-refractivity contribution in [2.45, 2.75) is 27.3 Å². The van der Waals surface area contributed by atoms with Crippen molar-refractivity contribution >= 4 is 11.0 Å². The standard InChI is InChI=1S/C18H18NO2/c1-12-4-6-19(7-5-12)11-15-10-18(20)21-17-9-14(3)13(2)8-16(15)17/h4-10H,11H2,1-3H3/q+1. The highest BCUT2D eigenvalue weighted by atomic mass is 16.4. The van der Waals surface area contributed by atoms with E-state index in [9.17, 15) is 4.79 Å². The minimum absolute atomic E-state index is 0.298. The van der Waals surface area contributed by atoms with Crippen molar-refractivity contribution in [1.29, 1.82) is 0 Å². The molecule has 3 aromatic rings. The summed E-state index contributed by atoms with van der Waals surface area (Å²) in [6.07, 6.45) is 4.05. The van der Waals surface area contributed by atoms with E-state index in [1.165, 1.54) is 11.1 Å². The Labute approximate surface area is 123 Å². The SMILES string of the molecule is Cc1cc[n+](Cc2cc(=O)oc3cc(C)c(C)cc23)cc1. The van der Waals surface area contributed by atoms with Crippen LogP contribution < -0.4 is 10.2 Å². The summed E-state index contributed by atoms with van der Waals surface area (Å²) in [6.45, 7) is 6.81. The molecule has 0 saturated heterocycles. The lowest BCUT2D eigenvalue weighted by atomic mass is 10.0. The van der Waals surface area contributed by atoms with Crippen LogP contribution in [0.1, 0.15) is 22.3 Å². The van der Waals surface area contributed by atoms with Crippen LogP contribution in [0.15, 0.2) is 51.9 Å². The Morgan fingerprint density at radius 3 is 2.38 bits per heavy atom. The highest BCUT2D eigenvalue weighted by Crippen LogP contribution is 2.21. The van der Waals surface area contributed by atoms with Gasteiger partial charge in [-0.2, -0.15) is 0 Å². The second-order valence-corrected chi connectivity index (χ2v) is 5.57. The van der Waals surface area contributed by atoms with Crippen molar-refractivity contribution < 1.29 is 8.98 Å². The molecule has 2 heterocycles. The number of pyridine rings is 1. The predicted octanol–water partition coefficient (Wildman–Crippen LogP) is 3.05. The molecule has 3 nitrogen and oxygen atoms in total. The van der Waals surface area contributed by atoms with Crippen molar-refractivity contribution in [3.63, 3.8) is 0 Å². The summed E-state index contributed by atoms with van der Waals surface area (Å²) in [5, 5.41) is 1.01. The predicted molar refractivity (Wildman–Crippen MR) is 82.4 cm³/mol. The fourth-order valence-corrected chi connectivity index (χ4v) is 2.45. The summed E-state index contributed by atoms with van der Waals surface area (Å²) in [6, 6.07) is 9.74. The quantitative estimate of drug-likeness (QED) is 0.534. The molecule has 1 aromatic carbocycles. The van der Waals surface area contributed by atoms with E-state index in [4.69, 9.17) is 4.42 Å². The lowest BCUT2D eigenvalue weighted by Gasteiger charge is -2.06. The van der Waals surface area contributed by atoms with E-state index >= 15 is 0 Å². The van der Waals surface area contributed by atoms with Crippen LogP contribution in [0, 0.1) is 20.8 Å². The third-order valence-corrected chi connectivity index (χ3v) is 3.86. The summed E-state index contributed by atoms with van der Waals surface area (Å²) >= 11 is 0. The number of hydrogen-bond donors (Lipinski definition) is 0. The molecule has 21 heavy (non-hydrogen) atoms. The third-order valence-electron chi connectivity index (χ3n) is 3.86. The van der Waals surface area contributed by atoms with Crippen LogP contribution in [0.5, 0.6) is 0 Å². The minimum Gasteiger partial charge on any atom is -0.423 e. The van der Waals surface area contributed by atoms with Crippen molar-refractivity contribution in [2.24, 2.45) is 0 Å². The van der Waals surface area contributed by atoms with Gasteiger partial charge < -0.3 is 4.42 Å². The number of benzene rings is 1. The average Bonchev–Trinajstić information content (AvgIpc) is 2.43. The van der Waals surface area contributed by atoms with Crippen molar-refractivity contribution in [3.05, 3.63) is 75.4 Å². The van der Waals surface area contributed by atoms with Crippen LogP contribution in [-0.4, -0.2) is 0 Å². The Bertz CT molecular complexity index is 861. The van der Waals surface area contributed by atoms with E-state index < -0.39 is 0 Å². The molecule has 0 radical (unpaired) electrons.